The minimum atomic E-state index is -0.402. The van der Waals surface area contributed by atoms with Crippen LogP contribution in [0, 0.1) is 0 Å². The van der Waals surface area contributed by atoms with Crippen molar-refractivity contribution < 1.29 is 19.4 Å². The van der Waals surface area contributed by atoms with Crippen LogP contribution in [0.25, 0.3) is 0 Å². The molecule has 0 atom stereocenters. The highest BCUT2D eigenvalue weighted by Crippen LogP contribution is 2.27. The van der Waals surface area contributed by atoms with Crippen molar-refractivity contribution in [3.8, 4) is 5.75 Å². The van der Waals surface area contributed by atoms with Gasteiger partial charge in [0.15, 0.2) is 0 Å². The second-order valence-electron chi connectivity index (χ2n) is 5.61. The summed E-state index contributed by atoms with van der Waals surface area (Å²) >= 11 is 0. The zero-order valence-electron chi connectivity index (χ0n) is 14.0. The molecule has 0 amide bonds. The summed E-state index contributed by atoms with van der Waals surface area (Å²) in [6.45, 7) is 2.72. The van der Waals surface area contributed by atoms with E-state index in [0.29, 0.717) is 30.0 Å². The second kappa shape index (κ2) is 7.81. The monoisotopic (exact) mass is 340 g/mol. The fraction of sp³-hybridized carbons (Fsp3) is 0.263. The van der Waals surface area contributed by atoms with Gasteiger partial charge in [-0.15, -0.1) is 0 Å². The summed E-state index contributed by atoms with van der Waals surface area (Å²) < 4.78 is 10.3. The van der Waals surface area contributed by atoms with Gasteiger partial charge in [0.1, 0.15) is 5.75 Å². The maximum Gasteiger partial charge on any atom is 0.340 e. The number of carbonyl (C=O) groups is 1. The molecule has 3 rings (SSSR count). The predicted molar refractivity (Wildman–Crippen MR) is 96.2 cm³/mol. The number of esters is 1. The van der Waals surface area contributed by atoms with Gasteiger partial charge in [-0.1, -0.05) is 12.1 Å². The Morgan fingerprint density at radius 1 is 1.24 bits per heavy atom. The van der Waals surface area contributed by atoms with Crippen molar-refractivity contribution in [2.45, 2.75) is 0 Å². The molecule has 0 aliphatic carbocycles. The Balaban J connectivity index is 1.91. The summed E-state index contributed by atoms with van der Waals surface area (Å²) in [4.78, 5) is 18.7. The molecule has 0 aromatic heterocycles. The quantitative estimate of drug-likeness (QED) is 0.684. The van der Waals surface area contributed by atoms with Crippen LogP contribution in [-0.2, 0) is 9.47 Å². The molecule has 1 heterocycles. The van der Waals surface area contributed by atoms with Crippen LogP contribution in [0.5, 0.6) is 5.75 Å². The highest BCUT2D eigenvalue weighted by molar-refractivity contribution is 5.97. The molecule has 6 nitrogen and oxygen atoms in total. The molecule has 0 spiro atoms. The Morgan fingerprint density at radius 3 is 2.72 bits per heavy atom. The second-order valence-corrected chi connectivity index (χ2v) is 5.61. The van der Waals surface area contributed by atoms with E-state index in [-0.39, 0.29) is 5.75 Å². The third-order valence-corrected chi connectivity index (χ3v) is 4.03. The first-order chi connectivity index (χ1) is 12.2. The SMILES string of the molecule is COC(=O)c1cc(N=Cc2ccccc2O)ccc1N1CCOCC1. The normalized spacial score (nSPS) is 14.7. The van der Waals surface area contributed by atoms with E-state index in [4.69, 9.17) is 9.47 Å². The van der Waals surface area contributed by atoms with Crippen molar-refractivity contribution in [3.05, 3.63) is 53.6 Å². The molecule has 25 heavy (non-hydrogen) atoms. The van der Waals surface area contributed by atoms with Gasteiger partial charge >= 0.3 is 5.97 Å². The Hall–Kier alpha value is -2.86. The third-order valence-electron chi connectivity index (χ3n) is 4.03. The van der Waals surface area contributed by atoms with Crippen molar-refractivity contribution in [2.24, 2.45) is 4.99 Å². The molecule has 2 aromatic rings. The van der Waals surface area contributed by atoms with Gasteiger partial charge < -0.3 is 19.5 Å². The minimum absolute atomic E-state index is 0.157. The first-order valence-electron chi connectivity index (χ1n) is 8.06. The van der Waals surface area contributed by atoms with Crippen molar-refractivity contribution in [1.29, 1.82) is 0 Å². The number of phenolic OH excluding ortho intramolecular Hbond substituents is 1. The number of phenols is 1. The topological polar surface area (TPSA) is 71.4 Å². The number of benzene rings is 2. The number of carbonyl (C=O) groups excluding carboxylic acids is 1. The Bertz CT molecular complexity index is 783. The average Bonchev–Trinajstić information content (AvgIpc) is 2.67. The van der Waals surface area contributed by atoms with E-state index >= 15 is 0 Å². The predicted octanol–water partition coefficient (Wildman–Crippen LogP) is 2.77. The van der Waals surface area contributed by atoms with E-state index < -0.39 is 5.97 Å². The van der Waals surface area contributed by atoms with Crippen LogP contribution < -0.4 is 4.90 Å². The summed E-state index contributed by atoms with van der Waals surface area (Å²) in [6.07, 6.45) is 1.57. The molecule has 6 heteroatoms. The van der Waals surface area contributed by atoms with Gasteiger partial charge in [-0.05, 0) is 30.3 Å². The number of nitrogens with zero attached hydrogens (tertiary/aromatic N) is 2. The molecule has 1 aliphatic heterocycles. The molecule has 2 aromatic carbocycles. The number of hydrogen-bond acceptors (Lipinski definition) is 6. The molecule has 0 saturated carbocycles. The summed E-state index contributed by atoms with van der Waals surface area (Å²) in [5.41, 5.74) is 2.51. The summed E-state index contributed by atoms with van der Waals surface area (Å²) in [7, 11) is 1.36. The van der Waals surface area contributed by atoms with Crippen LogP contribution >= 0.6 is 0 Å². The van der Waals surface area contributed by atoms with E-state index in [9.17, 15) is 9.90 Å². The number of aromatic hydroxyl groups is 1. The number of aliphatic imine (C=N–C) groups is 1. The molecule has 0 bridgehead atoms. The number of anilines is 1. The zero-order valence-corrected chi connectivity index (χ0v) is 14.0. The molecule has 0 unspecified atom stereocenters. The van der Waals surface area contributed by atoms with Gasteiger partial charge in [0.05, 0.1) is 37.3 Å². The molecular weight excluding hydrogens is 320 g/mol. The maximum absolute atomic E-state index is 12.2. The van der Waals surface area contributed by atoms with E-state index in [1.807, 2.05) is 18.2 Å². The summed E-state index contributed by atoms with van der Waals surface area (Å²) in [6, 6.07) is 12.3. The van der Waals surface area contributed by atoms with Crippen LogP contribution in [0.1, 0.15) is 15.9 Å². The number of methoxy groups -OCH3 is 1. The molecule has 1 aliphatic rings. The molecule has 1 saturated heterocycles. The molecule has 1 N–H and O–H groups in total. The minimum Gasteiger partial charge on any atom is -0.507 e. The van der Waals surface area contributed by atoms with Crippen LogP contribution in [-0.4, -0.2) is 50.7 Å². The van der Waals surface area contributed by atoms with Crippen molar-refractivity contribution >= 4 is 23.6 Å². The first-order valence-corrected chi connectivity index (χ1v) is 8.06. The highest BCUT2D eigenvalue weighted by Gasteiger charge is 2.19. The lowest BCUT2D eigenvalue weighted by molar-refractivity contribution is 0.0600. The molecule has 0 radical (unpaired) electrons. The smallest absolute Gasteiger partial charge is 0.340 e. The summed E-state index contributed by atoms with van der Waals surface area (Å²) in [5.74, 6) is -0.245. The van der Waals surface area contributed by atoms with Gasteiger partial charge in [-0.2, -0.15) is 0 Å². The van der Waals surface area contributed by atoms with Crippen LogP contribution in [0.15, 0.2) is 47.5 Å². The maximum atomic E-state index is 12.2. The molecule has 1 fully saturated rings. The van der Waals surface area contributed by atoms with Gasteiger partial charge in [0, 0.05) is 24.9 Å². The van der Waals surface area contributed by atoms with E-state index in [2.05, 4.69) is 9.89 Å². The number of ether oxygens (including phenoxy) is 2. The van der Waals surface area contributed by atoms with Gasteiger partial charge in [-0.25, -0.2) is 4.79 Å². The Labute approximate surface area is 146 Å². The molecular formula is C19H20N2O4. The average molecular weight is 340 g/mol. The largest absolute Gasteiger partial charge is 0.507 e. The first kappa shape index (κ1) is 17.0. The number of hydrogen-bond donors (Lipinski definition) is 1. The highest BCUT2D eigenvalue weighted by atomic mass is 16.5. The lowest BCUT2D eigenvalue weighted by Gasteiger charge is -2.30. The standard InChI is InChI=1S/C19H20N2O4/c1-24-19(23)16-12-15(20-13-14-4-2-3-5-18(14)22)6-7-17(16)21-8-10-25-11-9-21/h2-7,12-13,22H,8-11H2,1H3. The fourth-order valence-corrected chi connectivity index (χ4v) is 2.70. The van der Waals surface area contributed by atoms with Crippen LogP contribution in [0.4, 0.5) is 11.4 Å². The fourth-order valence-electron chi connectivity index (χ4n) is 2.70. The molecule has 130 valence electrons. The van der Waals surface area contributed by atoms with E-state index in [0.717, 1.165) is 18.8 Å². The third kappa shape index (κ3) is 3.97. The van der Waals surface area contributed by atoms with Gasteiger partial charge in [-0.3, -0.25) is 4.99 Å². The van der Waals surface area contributed by atoms with Gasteiger partial charge in [0.25, 0.3) is 0 Å². The number of rotatable bonds is 4. The lowest BCUT2D eigenvalue weighted by Crippen LogP contribution is -2.37. The Kier molecular flexibility index (Phi) is 5.30. The van der Waals surface area contributed by atoms with Crippen molar-refractivity contribution in [2.75, 3.05) is 38.3 Å². The summed E-state index contributed by atoms with van der Waals surface area (Å²) in [5, 5.41) is 9.80. The van der Waals surface area contributed by atoms with E-state index in [1.165, 1.54) is 7.11 Å². The van der Waals surface area contributed by atoms with Crippen LogP contribution in [0.3, 0.4) is 0 Å². The van der Waals surface area contributed by atoms with Crippen LogP contribution in [0.2, 0.25) is 0 Å². The lowest BCUT2D eigenvalue weighted by atomic mass is 10.1. The Morgan fingerprint density at radius 2 is 2.00 bits per heavy atom. The van der Waals surface area contributed by atoms with E-state index in [1.54, 1.807) is 30.5 Å². The van der Waals surface area contributed by atoms with Crippen molar-refractivity contribution in [3.63, 3.8) is 0 Å². The van der Waals surface area contributed by atoms with Gasteiger partial charge in [0.2, 0.25) is 0 Å². The van der Waals surface area contributed by atoms with Crippen molar-refractivity contribution in [1.82, 2.24) is 0 Å². The number of morpholine rings is 1. The zero-order chi connectivity index (χ0) is 17.6. The number of para-hydroxylation sites is 1.